The Bertz CT molecular complexity index is 396. The molecule has 0 amide bonds. The molecule has 0 bridgehead atoms. The van der Waals surface area contributed by atoms with Crippen molar-refractivity contribution in [3.05, 3.63) is 34.0 Å². The number of alkyl halides is 1. The van der Waals surface area contributed by atoms with Crippen molar-refractivity contribution in [2.45, 2.75) is 18.6 Å². The number of aromatic amines is 1. The second-order valence-corrected chi connectivity index (χ2v) is 3.40. The molecule has 2 rings (SSSR count). The Labute approximate surface area is 91.3 Å². The zero-order valence-electron chi connectivity index (χ0n) is 7.80. The number of hydrogen-bond acceptors (Lipinski definition) is 2. The second-order valence-electron chi connectivity index (χ2n) is 3.40. The predicted octanol–water partition coefficient (Wildman–Crippen LogP) is 1.31. The molecule has 6 heteroatoms. The van der Waals surface area contributed by atoms with Crippen LogP contribution in [0.15, 0.2) is 17.1 Å². The van der Waals surface area contributed by atoms with Gasteiger partial charge in [-0.25, -0.2) is 8.78 Å². The van der Waals surface area contributed by atoms with E-state index in [-0.39, 0.29) is 42.5 Å². The highest BCUT2D eigenvalue weighted by Gasteiger charge is 2.26. The zero-order valence-corrected chi connectivity index (χ0v) is 8.61. The number of halogens is 3. The lowest BCUT2D eigenvalue weighted by Crippen LogP contribution is -2.22. The molecular weight excluding hydrogens is 226 g/mol. The first kappa shape index (κ1) is 12.1. The molecule has 2 atom stereocenters. The maximum atomic E-state index is 12.8. The third-order valence-electron chi connectivity index (χ3n) is 2.35. The molecule has 3 nitrogen and oxygen atoms in total. The van der Waals surface area contributed by atoms with E-state index in [1.807, 2.05) is 0 Å². The largest absolute Gasteiger partial charge is 0.326 e. The van der Waals surface area contributed by atoms with Crippen LogP contribution in [0.5, 0.6) is 0 Å². The first-order valence-corrected chi connectivity index (χ1v) is 4.42. The van der Waals surface area contributed by atoms with E-state index in [0.29, 0.717) is 0 Å². The first-order chi connectivity index (χ1) is 6.66. The van der Waals surface area contributed by atoms with Gasteiger partial charge in [0.25, 0.3) is 5.56 Å². The summed E-state index contributed by atoms with van der Waals surface area (Å²) in [6.07, 6.45) is 0.267. The van der Waals surface area contributed by atoms with E-state index < -0.39 is 12.0 Å². The molecule has 0 unspecified atom stereocenters. The quantitative estimate of drug-likeness (QED) is 0.772. The van der Waals surface area contributed by atoms with Gasteiger partial charge in [-0.15, -0.1) is 12.4 Å². The Morgan fingerprint density at radius 1 is 1.47 bits per heavy atom. The Morgan fingerprint density at radius 2 is 2.20 bits per heavy atom. The van der Waals surface area contributed by atoms with Gasteiger partial charge in [0.15, 0.2) is 0 Å². The number of pyridine rings is 1. The fraction of sp³-hybridized carbons (Fsp3) is 0.444. The fourth-order valence-electron chi connectivity index (χ4n) is 1.66. The third kappa shape index (κ3) is 2.54. The van der Waals surface area contributed by atoms with E-state index in [1.54, 1.807) is 0 Å². The van der Waals surface area contributed by atoms with Gasteiger partial charge >= 0.3 is 0 Å². The van der Waals surface area contributed by atoms with Gasteiger partial charge in [-0.1, -0.05) is 0 Å². The first-order valence-electron chi connectivity index (χ1n) is 4.42. The molecule has 2 N–H and O–H groups in total. The Hall–Kier alpha value is -0.940. The lowest BCUT2D eigenvalue weighted by Gasteiger charge is -2.08. The van der Waals surface area contributed by atoms with Crippen molar-refractivity contribution < 1.29 is 8.78 Å². The summed E-state index contributed by atoms with van der Waals surface area (Å²) in [4.78, 5) is 13.5. The van der Waals surface area contributed by atoms with Crippen LogP contribution in [0.2, 0.25) is 0 Å². The Morgan fingerprint density at radius 3 is 2.80 bits per heavy atom. The van der Waals surface area contributed by atoms with Gasteiger partial charge in [0.1, 0.15) is 12.0 Å². The van der Waals surface area contributed by atoms with Crippen molar-refractivity contribution in [3.8, 4) is 0 Å². The predicted molar refractivity (Wildman–Crippen MR) is 54.5 cm³/mol. The summed E-state index contributed by atoms with van der Waals surface area (Å²) < 4.78 is 25.6. The number of rotatable bonds is 1. The molecule has 0 aliphatic carbocycles. The van der Waals surface area contributed by atoms with Crippen LogP contribution >= 0.6 is 12.4 Å². The van der Waals surface area contributed by atoms with E-state index >= 15 is 0 Å². The summed E-state index contributed by atoms with van der Waals surface area (Å²) in [5, 5.41) is 2.83. The highest BCUT2D eigenvalue weighted by atomic mass is 35.5. The molecule has 1 fully saturated rings. The van der Waals surface area contributed by atoms with Crippen molar-refractivity contribution in [3.63, 3.8) is 0 Å². The van der Waals surface area contributed by atoms with Crippen LogP contribution in [0, 0.1) is 5.82 Å². The van der Waals surface area contributed by atoms with Crippen LogP contribution in [0.25, 0.3) is 0 Å². The minimum absolute atomic E-state index is 0. The summed E-state index contributed by atoms with van der Waals surface area (Å²) in [7, 11) is 0. The highest BCUT2D eigenvalue weighted by Crippen LogP contribution is 2.22. The zero-order chi connectivity index (χ0) is 10.1. The van der Waals surface area contributed by atoms with Crippen molar-refractivity contribution in [1.29, 1.82) is 0 Å². The molecule has 1 saturated heterocycles. The molecule has 15 heavy (non-hydrogen) atoms. The van der Waals surface area contributed by atoms with E-state index in [2.05, 4.69) is 10.3 Å². The molecule has 0 radical (unpaired) electrons. The maximum Gasteiger partial charge on any atom is 0.252 e. The molecular formula is C9H11ClF2N2O. The molecule has 84 valence electrons. The topological polar surface area (TPSA) is 44.9 Å². The average Bonchev–Trinajstić information content (AvgIpc) is 2.56. The van der Waals surface area contributed by atoms with Gasteiger partial charge in [-0.3, -0.25) is 4.79 Å². The minimum atomic E-state index is -0.956. The smallest absolute Gasteiger partial charge is 0.252 e. The van der Waals surface area contributed by atoms with E-state index in [9.17, 15) is 13.6 Å². The average molecular weight is 237 g/mol. The van der Waals surface area contributed by atoms with Gasteiger partial charge in [0.05, 0.1) is 0 Å². The summed E-state index contributed by atoms with van der Waals surface area (Å²) in [6, 6.07) is 0.776. The maximum absolute atomic E-state index is 12.8. The molecule has 2 heterocycles. The number of aromatic nitrogens is 1. The van der Waals surface area contributed by atoms with E-state index in [0.717, 1.165) is 12.3 Å². The minimum Gasteiger partial charge on any atom is -0.326 e. The lowest BCUT2D eigenvalue weighted by molar-refractivity contribution is 0.355. The van der Waals surface area contributed by atoms with Gasteiger partial charge in [-0.05, 0) is 12.5 Å². The third-order valence-corrected chi connectivity index (χ3v) is 2.35. The molecule has 0 spiro atoms. The van der Waals surface area contributed by atoms with Crippen molar-refractivity contribution in [1.82, 2.24) is 10.3 Å². The van der Waals surface area contributed by atoms with Gasteiger partial charge in [0.2, 0.25) is 0 Å². The normalized spacial score (nSPS) is 24.9. The molecule has 1 aliphatic rings. The van der Waals surface area contributed by atoms with E-state index in [4.69, 9.17) is 0 Å². The summed E-state index contributed by atoms with van der Waals surface area (Å²) in [6.45, 7) is 0.223. The highest BCUT2D eigenvalue weighted by molar-refractivity contribution is 5.85. The molecule has 1 aromatic heterocycles. The van der Waals surface area contributed by atoms with Crippen molar-refractivity contribution in [2.75, 3.05) is 6.54 Å². The molecule has 0 aromatic carbocycles. The standard InChI is InChI=1S/C9H10F2N2O.ClH/c10-5-1-7(9(14)13-4-5)8-2-6(11)3-12-8;/h1,4,6,8,12H,2-3H2,(H,13,14);1H/t6-,8+;/m0./s1. The fourth-order valence-corrected chi connectivity index (χ4v) is 1.66. The lowest BCUT2D eigenvalue weighted by atomic mass is 10.1. The molecule has 1 aliphatic heterocycles. The van der Waals surface area contributed by atoms with Crippen LogP contribution in [-0.2, 0) is 0 Å². The Kier molecular flexibility index (Phi) is 3.82. The Balaban J connectivity index is 0.00000112. The summed E-state index contributed by atoms with van der Waals surface area (Å²) in [5.41, 5.74) is -0.0943. The van der Waals surface area contributed by atoms with Gasteiger partial charge in [-0.2, -0.15) is 0 Å². The van der Waals surface area contributed by atoms with E-state index in [1.165, 1.54) is 0 Å². The number of H-pyrrole nitrogens is 1. The SMILES string of the molecule is Cl.O=c1[nH]cc(F)cc1[C@H]1C[C@H](F)CN1. The van der Waals surface area contributed by atoms with Crippen molar-refractivity contribution in [2.24, 2.45) is 0 Å². The van der Waals surface area contributed by atoms with Crippen LogP contribution in [0.3, 0.4) is 0 Å². The van der Waals surface area contributed by atoms with Crippen LogP contribution in [0.4, 0.5) is 8.78 Å². The molecule has 1 aromatic rings. The molecule has 0 saturated carbocycles. The summed E-state index contributed by atoms with van der Waals surface area (Å²) in [5.74, 6) is -0.510. The van der Waals surface area contributed by atoms with Gasteiger partial charge in [0, 0.05) is 24.3 Å². The second kappa shape index (κ2) is 4.72. The van der Waals surface area contributed by atoms with Crippen LogP contribution in [-0.4, -0.2) is 17.7 Å². The van der Waals surface area contributed by atoms with Crippen LogP contribution in [0.1, 0.15) is 18.0 Å². The number of hydrogen-bond donors (Lipinski definition) is 2. The monoisotopic (exact) mass is 236 g/mol. The number of nitrogens with one attached hydrogen (secondary N) is 2. The summed E-state index contributed by atoms with van der Waals surface area (Å²) >= 11 is 0. The van der Waals surface area contributed by atoms with Crippen molar-refractivity contribution >= 4 is 12.4 Å². The van der Waals surface area contributed by atoms with Crippen LogP contribution < -0.4 is 10.9 Å². The van der Waals surface area contributed by atoms with Gasteiger partial charge < -0.3 is 10.3 Å².